The summed E-state index contributed by atoms with van der Waals surface area (Å²) in [6.45, 7) is -0.250. The number of hydrogen-bond acceptors (Lipinski definition) is 6. The summed E-state index contributed by atoms with van der Waals surface area (Å²) < 4.78 is 0. The lowest BCUT2D eigenvalue weighted by Crippen LogP contribution is -1.94. The lowest BCUT2D eigenvalue weighted by atomic mass is 10.2. The third kappa shape index (κ3) is 9.03. The fraction of sp³-hybridized carbons (Fsp3) is 0.125. The van der Waals surface area contributed by atoms with Crippen molar-refractivity contribution in [3.63, 3.8) is 0 Å². The fourth-order valence-corrected chi connectivity index (χ4v) is 1.28. The molecular formula is C16H18O8. The van der Waals surface area contributed by atoms with E-state index in [2.05, 4.69) is 0 Å². The van der Waals surface area contributed by atoms with Crippen molar-refractivity contribution in [1.29, 1.82) is 0 Å². The van der Waals surface area contributed by atoms with E-state index in [4.69, 9.17) is 30.6 Å². The summed E-state index contributed by atoms with van der Waals surface area (Å²) in [5, 5.41) is 49.6. The van der Waals surface area contributed by atoms with Crippen LogP contribution in [0.2, 0.25) is 0 Å². The predicted molar refractivity (Wildman–Crippen MR) is 84.3 cm³/mol. The van der Waals surface area contributed by atoms with E-state index < -0.39 is 11.9 Å². The van der Waals surface area contributed by atoms with E-state index in [1.54, 1.807) is 0 Å². The molecular weight excluding hydrogens is 320 g/mol. The number of carboxylic acids is 2. The topological polar surface area (TPSA) is 156 Å². The van der Waals surface area contributed by atoms with Crippen molar-refractivity contribution in [2.45, 2.75) is 0 Å². The van der Waals surface area contributed by atoms with E-state index in [-0.39, 0.29) is 35.8 Å². The van der Waals surface area contributed by atoms with Crippen molar-refractivity contribution in [3.05, 3.63) is 59.7 Å². The lowest BCUT2D eigenvalue weighted by Gasteiger charge is -1.92. The number of rotatable bonds is 3. The molecule has 8 nitrogen and oxygen atoms in total. The molecule has 0 heterocycles. The maximum atomic E-state index is 10.2. The zero-order valence-corrected chi connectivity index (χ0v) is 12.5. The number of hydrogen-bond donors (Lipinski definition) is 6. The highest BCUT2D eigenvalue weighted by Gasteiger charge is 2.01. The second-order valence-electron chi connectivity index (χ2n) is 4.16. The van der Waals surface area contributed by atoms with Gasteiger partial charge in [-0.15, -0.1) is 0 Å². The molecule has 2 aromatic rings. The molecule has 0 fully saturated rings. The largest absolute Gasteiger partial charge is 0.508 e. The summed E-state index contributed by atoms with van der Waals surface area (Å²) in [5.74, 6) is -2.12. The Labute approximate surface area is 137 Å². The molecule has 0 saturated heterocycles. The van der Waals surface area contributed by atoms with Gasteiger partial charge in [0.15, 0.2) is 0 Å². The molecule has 0 aliphatic heterocycles. The molecule has 0 amide bonds. The Morgan fingerprint density at radius 3 is 1.21 bits per heavy atom. The summed E-state index contributed by atoms with van der Waals surface area (Å²) in [4.78, 5) is 20.5. The Morgan fingerprint density at radius 1 is 0.708 bits per heavy atom. The van der Waals surface area contributed by atoms with E-state index in [1.165, 1.54) is 48.5 Å². The Hall–Kier alpha value is -3.10. The van der Waals surface area contributed by atoms with Gasteiger partial charge >= 0.3 is 11.9 Å². The molecule has 0 atom stereocenters. The molecule has 0 bridgehead atoms. The maximum absolute atomic E-state index is 10.2. The van der Waals surface area contributed by atoms with Gasteiger partial charge in [0.1, 0.15) is 11.5 Å². The fourth-order valence-electron chi connectivity index (χ4n) is 1.28. The SMILES string of the molecule is O=C(O)c1cccc(O)c1.O=C(O)c1cccc(O)c1.OCCO. The first-order chi connectivity index (χ1) is 11.3. The summed E-state index contributed by atoms with van der Waals surface area (Å²) in [5.41, 5.74) is 0.194. The van der Waals surface area contributed by atoms with E-state index in [1.807, 2.05) is 0 Å². The number of aromatic carboxylic acids is 2. The van der Waals surface area contributed by atoms with Gasteiger partial charge in [0, 0.05) is 0 Å². The minimum atomic E-state index is -1.03. The van der Waals surface area contributed by atoms with E-state index in [0.717, 1.165) is 0 Å². The monoisotopic (exact) mass is 338 g/mol. The molecule has 0 aromatic heterocycles. The van der Waals surface area contributed by atoms with Crippen LogP contribution in [-0.4, -0.2) is 55.8 Å². The van der Waals surface area contributed by atoms with Gasteiger partial charge in [-0.3, -0.25) is 0 Å². The highest BCUT2D eigenvalue weighted by atomic mass is 16.4. The number of aliphatic hydroxyl groups excluding tert-OH is 2. The molecule has 0 spiro atoms. The van der Waals surface area contributed by atoms with Crippen LogP contribution in [0.25, 0.3) is 0 Å². The third-order valence-electron chi connectivity index (χ3n) is 2.29. The molecule has 8 heteroatoms. The number of aromatic hydroxyl groups is 2. The van der Waals surface area contributed by atoms with Crippen LogP contribution in [0.5, 0.6) is 11.5 Å². The molecule has 0 aliphatic rings. The van der Waals surface area contributed by atoms with E-state index in [9.17, 15) is 9.59 Å². The Bertz CT molecular complexity index is 597. The smallest absolute Gasteiger partial charge is 0.335 e. The van der Waals surface area contributed by atoms with Crippen LogP contribution in [0.1, 0.15) is 20.7 Å². The van der Waals surface area contributed by atoms with Crippen LogP contribution in [0.15, 0.2) is 48.5 Å². The number of phenols is 2. The zero-order chi connectivity index (χ0) is 18.5. The number of benzene rings is 2. The van der Waals surface area contributed by atoms with Crippen LogP contribution in [-0.2, 0) is 0 Å². The van der Waals surface area contributed by atoms with Crippen LogP contribution < -0.4 is 0 Å². The van der Waals surface area contributed by atoms with E-state index in [0.29, 0.717) is 0 Å². The number of phenolic OH excluding ortho intramolecular Hbond substituents is 2. The second kappa shape index (κ2) is 11.5. The third-order valence-corrected chi connectivity index (χ3v) is 2.29. The first kappa shape index (κ1) is 20.9. The highest BCUT2D eigenvalue weighted by Crippen LogP contribution is 2.10. The minimum absolute atomic E-state index is 0.0279. The maximum Gasteiger partial charge on any atom is 0.335 e. The average Bonchev–Trinajstić information content (AvgIpc) is 2.55. The molecule has 130 valence electrons. The Kier molecular flexibility index (Phi) is 9.98. The quantitative estimate of drug-likeness (QED) is 0.487. The molecule has 0 aliphatic carbocycles. The normalized spacial score (nSPS) is 8.92. The van der Waals surface area contributed by atoms with Crippen molar-refractivity contribution >= 4 is 11.9 Å². The van der Waals surface area contributed by atoms with Crippen LogP contribution in [0, 0.1) is 0 Å². The van der Waals surface area contributed by atoms with Gasteiger partial charge in [-0.25, -0.2) is 9.59 Å². The predicted octanol–water partition coefficient (Wildman–Crippen LogP) is 1.15. The van der Waals surface area contributed by atoms with Gasteiger partial charge in [-0.2, -0.15) is 0 Å². The zero-order valence-electron chi connectivity index (χ0n) is 12.5. The lowest BCUT2D eigenvalue weighted by molar-refractivity contribution is 0.0685. The second-order valence-corrected chi connectivity index (χ2v) is 4.16. The first-order valence-electron chi connectivity index (χ1n) is 6.58. The van der Waals surface area contributed by atoms with Gasteiger partial charge in [0.05, 0.1) is 24.3 Å². The van der Waals surface area contributed by atoms with Gasteiger partial charge in [0.2, 0.25) is 0 Å². The Balaban J connectivity index is 0.000000363. The highest BCUT2D eigenvalue weighted by molar-refractivity contribution is 5.88. The molecule has 6 N–H and O–H groups in total. The van der Waals surface area contributed by atoms with E-state index >= 15 is 0 Å². The van der Waals surface area contributed by atoms with Gasteiger partial charge < -0.3 is 30.6 Å². The molecule has 24 heavy (non-hydrogen) atoms. The van der Waals surface area contributed by atoms with Crippen LogP contribution in [0.3, 0.4) is 0 Å². The molecule has 0 radical (unpaired) electrons. The van der Waals surface area contributed by atoms with Gasteiger partial charge in [-0.1, -0.05) is 12.1 Å². The van der Waals surface area contributed by atoms with Crippen molar-refractivity contribution < 1.29 is 40.2 Å². The number of carboxylic acid groups (broad SMARTS) is 2. The van der Waals surface area contributed by atoms with Crippen molar-refractivity contribution in [2.24, 2.45) is 0 Å². The van der Waals surface area contributed by atoms with Crippen molar-refractivity contribution in [1.82, 2.24) is 0 Å². The Morgan fingerprint density at radius 2 is 1.04 bits per heavy atom. The van der Waals surface area contributed by atoms with Gasteiger partial charge in [-0.05, 0) is 36.4 Å². The summed E-state index contributed by atoms with van der Waals surface area (Å²) in [7, 11) is 0. The number of carbonyl (C=O) groups is 2. The molecule has 0 saturated carbocycles. The van der Waals surface area contributed by atoms with Crippen molar-refractivity contribution in [2.75, 3.05) is 13.2 Å². The molecule has 2 aromatic carbocycles. The first-order valence-corrected chi connectivity index (χ1v) is 6.58. The van der Waals surface area contributed by atoms with Crippen molar-refractivity contribution in [3.8, 4) is 11.5 Å². The number of aliphatic hydroxyl groups is 2. The summed E-state index contributed by atoms with van der Waals surface area (Å²) in [6, 6.07) is 11.0. The van der Waals surface area contributed by atoms with Crippen LogP contribution >= 0.6 is 0 Å². The van der Waals surface area contributed by atoms with Crippen LogP contribution in [0.4, 0.5) is 0 Å². The standard InChI is InChI=1S/2C7H6O3.C2H6O2/c2*8-6-3-1-2-5(4-6)7(9)10;3-1-2-4/h2*1-4,8H,(H,9,10);3-4H,1-2H2. The summed E-state index contributed by atoms with van der Waals surface area (Å²) in [6.07, 6.45) is 0. The molecule has 0 unspecified atom stereocenters. The molecule has 2 rings (SSSR count). The summed E-state index contributed by atoms with van der Waals surface area (Å²) >= 11 is 0. The minimum Gasteiger partial charge on any atom is -0.508 e. The average molecular weight is 338 g/mol. The van der Waals surface area contributed by atoms with Gasteiger partial charge in [0.25, 0.3) is 0 Å².